The van der Waals surface area contributed by atoms with E-state index in [9.17, 15) is 4.79 Å². The van der Waals surface area contributed by atoms with Gasteiger partial charge in [-0.3, -0.25) is 0 Å². The Morgan fingerprint density at radius 1 is 1.77 bits per heavy atom. The van der Waals surface area contributed by atoms with E-state index in [0.717, 1.165) is 0 Å². The molecular weight excluding hydrogens is 168 g/mol. The normalized spacial score (nSPS) is 9.23. The zero-order valence-electron chi connectivity index (χ0n) is 7.11. The number of carboxylic acids is 1. The van der Waals surface area contributed by atoms with Crippen LogP contribution in [0.2, 0.25) is 0 Å². The summed E-state index contributed by atoms with van der Waals surface area (Å²) in [5.41, 5.74) is 0.464. The van der Waals surface area contributed by atoms with Gasteiger partial charge in [0.25, 0.3) is 0 Å². The third kappa shape index (κ3) is 2.03. The first-order chi connectivity index (χ1) is 6.15. The van der Waals surface area contributed by atoms with Crippen molar-refractivity contribution in [2.75, 3.05) is 0 Å². The fourth-order valence-electron chi connectivity index (χ4n) is 0.919. The van der Waals surface area contributed by atoms with E-state index in [2.05, 4.69) is 15.9 Å². The summed E-state index contributed by atoms with van der Waals surface area (Å²) in [6.07, 6.45) is 6.76. The number of carbonyl (C=O) groups is 1. The number of aryl methyl sites for hydroxylation is 1. The summed E-state index contributed by atoms with van der Waals surface area (Å²) in [6, 6.07) is 0. The van der Waals surface area contributed by atoms with E-state index >= 15 is 0 Å². The molecule has 0 atom stereocenters. The van der Waals surface area contributed by atoms with E-state index < -0.39 is 5.97 Å². The second-order valence-corrected chi connectivity index (χ2v) is 2.48. The van der Waals surface area contributed by atoms with Crippen LogP contribution in [0, 0.1) is 19.3 Å². The SMILES string of the molecule is C#CCc1cnc(C)nc1C(=O)O. The fraction of sp³-hybridized carbons (Fsp3) is 0.222. The van der Waals surface area contributed by atoms with E-state index in [1.165, 1.54) is 6.20 Å². The van der Waals surface area contributed by atoms with Gasteiger partial charge in [-0.1, -0.05) is 0 Å². The van der Waals surface area contributed by atoms with Gasteiger partial charge in [0, 0.05) is 18.2 Å². The zero-order valence-corrected chi connectivity index (χ0v) is 7.11. The maximum absolute atomic E-state index is 10.7. The van der Waals surface area contributed by atoms with E-state index in [1.54, 1.807) is 6.92 Å². The smallest absolute Gasteiger partial charge is 0.354 e. The lowest BCUT2D eigenvalue weighted by molar-refractivity contribution is 0.0689. The van der Waals surface area contributed by atoms with Gasteiger partial charge in [-0.05, 0) is 6.92 Å². The van der Waals surface area contributed by atoms with Crippen LogP contribution in [-0.2, 0) is 6.42 Å². The number of aromatic nitrogens is 2. The van der Waals surface area contributed by atoms with Crippen LogP contribution in [0.25, 0.3) is 0 Å². The van der Waals surface area contributed by atoms with Gasteiger partial charge < -0.3 is 5.11 Å². The molecule has 0 saturated carbocycles. The van der Waals surface area contributed by atoms with Crippen LogP contribution in [0.4, 0.5) is 0 Å². The lowest BCUT2D eigenvalue weighted by Gasteiger charge is -2.01. The minimum Gasteiger partial charge on any atom is -0.476 e. The Morgan fingerprint density at radius 2 is 2.46 bits per heavy atom. The summed E-state index contributed by atoms with van der Waals surface area (Å²) < 4.78 is 0. The first kappa shape index (κ1) is 9.20. The fourth-order valence-corrected chi connectivity index (χ4v) is 0.919. The molecule has 1 rings (SSSR count). The molecule has 0 bridgehead atoms. The number of hydrogen-bond acceptors (Lipinski definition) is 3. The number of terminal acetylenes is 1. The first-order valence-corrected chi connectivity index (χ1v) is 3.64. The minimum absolute atomic E-state index is 0.00884. The summed E-state index contributed by atoms with van der Waals surface area (Å²) in [5, 5.41) is 8.76. The molecule has 0 fully saturated rings. The summed E-state index contributed by atoms with van der Waals surface area (Å²) in [4.78, 5) is 18.3. The number of nitrogens with zero attached hydrogens (tertiary/aromatic N) is 2. The molecule has 0 aliphatic rings. The molecule has 4 heteroatoms. The molecule has 13 heavy (non-hydrogen) atoms. The number of hydrogen-bond donors (Lipinski definition) is 1. The Kier molecular flexibility index (Phi) is 2.60. The molecule has 0 amide bonds. The topological polar surface area (TPSA) is 63.1 Å². The van der Waals surface area contributed by atoms with Gasteiger partial charge in [-0.15, -0.1) is 12.3 Å². The lowest BCUT2D eigenvalue weighted by Crippen LogP contribution is -2.07. The van der Waals surface area contributed by atoms with Gasteiger partial charge in [0.1, 0.15) is 5.82 Å². The predicted octanol–water partition coefficient (Wildman–Crippen LogP) is 0.659. The van der Waals surface area contributed by atoms with Gasteiger partial charge in [0.05, 0.1) is 0 Å². The third-order valence-corrected chi connectivity index (χ3v) is 1.48. The van der Waals surface area contributed by atoms with Gasteiger partial charge >= 0.3 is 5.97 Å². The molecule has 66 valence electrons. The van der Waals surface area contributed by atoms with E-state index in [-0.39, 0.29) is 12.1 Å². The van der Waals surface area contributed by atoms with Crippen LogP contribution in [0.3, 0.4) is 0 Å². The van der Waals surface area contributed by atoms with Crippen molar-refractivity contribution in [1.82, 2.24) is 9.97 Å². The average Bonchev–Trinajstić information content (AvgIpc) is 2.08. The van der Waals surface area contributed by atoms with Crippen molar-refractivity contribution in [2.45, 2.75) is 13.3 Å². The van der Waals surface area contributed by atoms with Crippen LogP contribution >= 0.6 is 0 Å². The summed E-state index contributed by atoms with van der Waals surface area (Å²) >= 11 is 0. The van der Waals surface area contributed by atoms with Crippen LogP contribution < -0.4 is 0 Å². The third-order valence-electron chi connectivity index (χ3n) is 1.48. The van der Waals surface area contributed by atoms with Crippen molar-refractivity contribution < 1.29 is 9.90 Å². The van der Waals surface area contributed by atoms with Crippen molar-refractivity contribution in [3.63, 3.8) is 0 Å². The second kappa shape index (κ2) is 3.68. The quantitative estimate of drug-likeness (QED) is 0.672. The highest BCUT2D eigenvalue weighted by atomic mass is 16.4. The van der Waals surface area contributed by atoms with Crippen molar-refractivity contribution in [2.24, 2.45) is 0 Å². The Hall–Kier alpha value is -1.89. The van der Waals surface area contributed by atoms with E-state index in [4.69, 9.17) is 11.5 Å². The van der Waals surface area contributed by atoms with Crippen molar-refractivity contribution >= 4 is 5.97 Å². The lowest BCUT2D eigenvalue weighted by atomic mass is 10.2. The Bertz CT molecular complexity index is 380. The highest BCUT2D eigenvalue weighted by Crippen LogP contribution is 2.05. The predicted molar refractivity (Wildman–Crippen MR) is 46.3 cm³/mol. The van der Waals surface area contributed by atoms with Crippen LogP contribution in [0.5, 0.6) is 0 Å². The maximum Gasteiger partial charge on any atom is 0.354 e. The summed E-state index contributed by atoms with van der Waals surface area (Å²) in [6.45, 7) is 1.63. The Balaban J connectivity index is 3.20. The molecule has 0 radical (unpaired) electrons. The van der Waals surface area contributed by atoms with Gasteiger partial charge in [-0.2, -0.15) is 0 Å². The van der Waals surface area contributed by atoms with Gasteiger partial charge in [0.2, 0.25) is 0 Å². The van der Waals surface area contributed by atoms with Crippen molar-refractivity contribution in [3.8, 4) is 12.3 Å². The molecule has 0 spiro atoms. The van der Waals surface area contributed by atoms with Crippen LogP contribution in [-0.4, -0.2) is 21.0 Å². The highest BCUT2D eigenvalue weighted by molar-refractivity contribution is 5.87. The number of rotatable bonds is 2. The molecular formula is C9H8N2O2. The molecule has 0 unspecified atom stereocenters. The van der Waals surface area contributed by atoms with Crippen molar-refractivity contribution in [3.05, 3.63) is 23.3 Å². The second-order valence-electron chi connectivity index (χ2n) is 2.48. The Labute approximate surface area is 75.7 Å². The molecule has 1 aromatic heterocycles. The zero-order chi connectivity index (χ0) is 9.84. The molecule has 1 N–H and O–H groups in total. The maximum atomic E-state index is 10.7. The van der Waals surface area contributed by atoms with Crippen LogP contribution in [0.1, 0.15) is 21.9 Å². The van der Waals surface area contributed by atoms with Crippen LogP contribution in [0.15, 0.2) is 6.20 Å². The van der Waals surface area contributed by atoms with Gasteiger partial charge in [0.15, 0.2) is 5.69 Å². The van der Waals surface area contributed by atoms with Crippen molar-refractivity contribution in [1.29, 1.82) is 0 Å². The minimum atomic E-state index is -1.07. The van der Waals surface area contributed by atoms with Gasteiger partial charge in [-0.25, -0.2) is 14.8 Å². The molecule has 1 aromatic rings. The summed E-state index contributed by atoms with van der Waals surface area (Å²) in [7, 11) is 0. The standard InChI is InChI=1S/C9H8N2O2/c1-3-4-7-5-10-6(2)11-8(7)9(12)13/h1,5H,4H2,2H3,(H,12,13). The molecule has 0 saturated heterocycles. The molecule has 1 heterocycles. The summed E-state index contributed by atoms with van der Waals surface area (Å²) in [5.74, 6) is 1.71. The Morgan fingerprint density at radius 3 is 3.00 bits per heavy atom. The molecule has 0 aliphatic heterocycles. The van der Waals surface area contributed by atoms with E-state index in [1.807, 2.05) is 0 Å². The monoisotopic (exact) mass is 176 g/mol. The average molecular weight is 176 g/mol. The number of carboxylic acid groups (broad SMARTS) is 1. The highest BCUT2D eigenvalue weighted by Gasteiger charge is 2.11. The first-order valence-electron chi connectivity index (χ1n) is 3.64. The largest absolute Gasteiger partial charge is 0.476 e. The molecule has 0 aliphatic carbocycles. The molecule has 0 aromatic carbocycles. The molecule has 4 nitrogen and oxygen atoms in total. The van der Waals surface area contributed by atoms with E-state index in [0.29, 0.717) is 11.4 Å². The number of aromatic carboxylic acids is 1.